The van der Waals surface area contributed by atoms with Gasteiger partial charge in [0, 0.05) is 0 Å². The average Bonchev–Trinajstić information content (AvgIpc) is 2.65. The van der Waals surface area contributed by atoms with Crippen LogP contribution in [0.3, 0.4) is 0 Å². The molecule has 0 aliphatic carbocycles. The molecule has 0 amide bonds. The van der Waals surface area contributed by atoms with Crippen molar-refractivity contribution in [2.24, 2.45) is 11.5 Å². The van der Waals surface area contributed by atoms with Crippen LogP contribution in [0.5, 0.6) is 0 Å². The van der Waals surface area contributed by atoms with E-state index in [4.69, 9.17) is 36.3 Å². The molecule has 1 aromatic carbocycles. The van der Waals surface area contributed by atoms with Crippen molar-refractivity contribution in [3.05, 3.63) is 35.9 Å². The van der Waals surface area contributed by atoms with E-state index in [0.717, 1.165) is 5.56 Å². The summed E-state index contributed by atoms with van der Waals surface area (Å²) in [6.45, 7) is 0.387. The number of carbonyl (C=O) groups excluding carboxylic acids is 2. The van der Waals surface area contributed by atoms with Gasteiger partial charge in [0.05, 0.1) is 25.9 Å². The zero-order chi connectivity index (χ0) is 19.9. The lowest BCUT2D eigenvalue weighted by Crippen LogP contribution is -2.39. The van der Waals surface area contributed by atoms with E-state index in [2.05, 4.69) is 0 Å². The van der Waals surface area contributed by atoms with Crippen LogP contribution in [0.25, 0.3) is 0 Å². The van der Waals surface area contributed by atoms with Crippen molar-refractivity contribution >= 4 is 11.9 Å². The quantitative estimate of drug-likeness (QED) is 0.318. The minimum atomic E-state index is -0.949. The van der Waals surface area contributed by atoms with Gasteiger partial charge in [-0.2, -0.15) is 0 Å². The number of ether oxygens (including phenoxy) is 2. The number of rotatable bonds is 9. The lowest BCUT2D eigenvalue weighted by atomic mass is 10.1. The highest BCUT2D eigenvalue weighted by Crippen LogP contribution is 2.04. The van der Waals surface area contributed by atoms with Crippen molar-refractivity contribution in [1.29, 1.82) is 0 Å². The molecule has 1 rings (SSSR count). The number of esters is 2. The van der Waals surface area contributed by atoms with Gasteiger partial charge >= 0.3 is 11.9 Å². The Labute approximate surface area is 152 Å². The van der Waals surface area contributed by atoms with Gasteiger partial charge in [-0.05, 0) is 18.9 Å². The van der Waals surface area contributed by atoms with Gasteiger partial charge in [-0.25, -0.2) is 0 Å². The van der Waals surface area contributed by atoms with Crippen molar-refractivity contribution in [2.45, 2.75) is 31.6 Å². The fourth-order valence-electron chi connectivity index (χ4n) is 1.57. The molecule has 0 heterocycles. The lowest BCUT2D eigenvalue weighted by molar-refractivity contribution is -0.161. The maximum absolute atomic E-state index is 11.8. The van der Waals surface area contributed by atoms with Crippen LogP contribution in [-0.2, 0) is 25.5 Å². The van der Waals surface area contributed by atoms with Crippen LogP contribution < -0.4 is 11.5 Å². The number of hydrogen-bond donors (Lipinski definition) is 5. The van der Waals surface area contributed by atoms with E-state index in [1.165, 1.54) is 6.92 Å². The molecule has 9 heteroatoms. The minimum Gasteiger partial charge on any atom is -0.461 e. The van der Waals surface area contributed by atoms with Crippen molar-refractivity contribution in [3.8, 4) is 0 Å². The molecular formula is C17H28N2O7. The minimum absolute atomic E-state index is 0.139. The van der Waals surface area contributed by atoms with E-state index in [0.29, 0.717) is 6.42 Å². The van der Waals surface area contributed by atoms with E-state index in [9.17, 15) is 9.59 Å². The van der Waals surface area contributed by atoms with Crippen LogP contribution in [0.15, 0.2) is 30.3 Å². The molecule has 1 aromatic rings. The third-order valence-electron chi connectivity index (χ3n) is 2.95. The van der Waals surface area contributed by atoms with E-state index in [-0.39, 0.29) is 19.8 Å². The predicted octanol–water partition coefficient (Wildman–Crippen LogP) is -1.68. The van der Waals surface area contributed by atoms with Gasteiger partial charge in [0.2, 0.25) is 0 Å². The van der Waals surface area contributed by atoms with Crippen molar-refractivity contribution in [2.75, 3.05) is 26.4 Å². The molecule has 0 aliphatic heterocycles. The summed E-state index contributed by atoms with van der Waals surface area (Å²) in [6, 6.07) is 8.39. The fraction of sp³-hybridized carbons (Fsp3) is 0.529. The van der Waals surface area contributed by atoms with Gasteiger partial charge in [0.1, 0.15) is 12.6 Å². The fourth-order valence-corrected chi connectivity index (χ4v) is 1.57. The number of nitrogens with two attached hydrogens (primary N) is 2. The highest BCUT2D eigenvalue weighted by Gasteiger charge is 2.21. The van der Waals surface area contributed by atoms with Crippen LogP contribution >= 0.6 is 0 Å². The number of aliphatic hydroxyl groups excluding tert-OH is 3. The molecular weight excluding hydrogens is 344 g/mol. The smallest absolute Gasteiger partial charge is 0.323 e. The normalized spacial score (nSPS) is 13.6. The first-order valence-corrected chi connectivity index (χ1v) is 8.09. The molecule has 0 aromatic heterocycles. The Bertz CT molecular complexity index is 511. The van der Waals surface area contributed by atoms with Crippen LogP contribution in [-0.4, -0.2) is 71.9 Å². The molecule has 0 bridgehead atoms. The summed E-state index contributed by atoms with van der Waals surface area (Å²) in [5.41, 5.74) is 11.7. The Morgan fingerprint density at radius 3 is 2.19 bits per heavy atom. The molecule has 0 aliphatic rings. The molecule has 0 radical (unpaired) electrons. The van der Waals surface area contributed by atoms with Gasteiger partial charge in [-0.15, -0.1) is 0 Å². The number of carbonyl (C=O) groups is 2. The molecule has 0 saturated carbocycles. The van der Waals surface area contributed by atoms with Gasteiger partial charge in [-0.3, -0.25) is 9.59 Å². The van der Waals surface area contributed by atoms with E-state index >= 15 is 0 Å². The molecule has 0 spiro atoms. The Morgan fingerprint density at radius 1 is 1.15 bits per heavy atom. The predicted molar refractivity (Wildman–Crippen MR) is 93.9 cm³/mol. The third-order valence-corrected chi connectivity index (χ3v) is 2.95. The monoisotopic (exact) mass is 372 g/mol. The average molecular weight is 372 g/mol. The summed E-state index contributed by atoms with van der Waals surface area (Å²) in [5, 5.41) is 25.1. The summed E-state index contributed by atoms with van der Waals surface area (Å²) < 4.78 is 9.70. The molecule has 0 saturated heterocycles. The highest BCUT2D eigenvalue weighted by molar-refractivity contribution is 5.76. The zero-order valence-electron chi connectivity index (χ0n) is 14.8. The second kappa shape index (κ2) is 14.2. The summed E-state index contributed by atoms with van der Waals surface area (Å²) in [7, 11) is 0. The molecule has 0 fully saturated rings. The van der Waals surface area contributed by atoms with Gasteiger partial charge in [0.25, 0.3) is 0 Å². The third kappa shape index (κ3) is 11.5. The Morgan fingerprint density at radius 2 is 1.73 bits per heavy atom. The Balaban J connectivity index is 0.00000110. The molecule has 148 valence electrons. The van der Waals surface area contributed by atoms with E-state index in [1.54, 1.807) is 0 Å². The van der Waals surface area contributed by atoms with Crippen molar-refractivity contribution in [1.82, 2.24) is 0 Å². The second-order valence-corrected chi connectivity index (χ2v) is 5.46. The molecule has 3 atom stereocenters. The topological polar surface area (TPSA) is 165 Å². The summed E-state index contributed by atoms with van der Waals surface area (Å²) in [4.78, 5) is 22.7. The molecule has 26 heavy (non-hydrogen) atoms. The first-order valence-electron chi connectivity index (χ1n) is 8.09. The molecule has 2 unspecified atom stereocenters. The van der Waals surface area contributed by atoms with E-state index in [1.807, 2.05) is 30.3 Å². The zero-order valence-corrected chi connectivity index (χ0v) is 14.8. The maximum Gasteiger partial charge on any atom is 0.323 e. The van der Waals surface area contributed by atoms with Crippen LogP contribution in [0.1, 0.15) is 12.5 Å². The largest absolute Gasteiger partial charge is 0.461 e. The first-order chi connectivity index (χ1) is 12.3. The van der Waals surface area contributed by atoms with Crippen LogP contribution in [0.4, 0.5) is 0 Å². The van der Waals surface area contributed by atoms with Gasteiger partial charge < -0.3 is 36.3 Å². The Hall–Kier alpha value is -2.04. The number of benzene rings is 1. The SMILES string of the molecule is CC(O)CO.NCC(=O)OCC(CO)OC(=O)[C@@H](N)Cc1ccccc1. The van der Waals surface area contributed by atoms with Crippen molar-refractivity contribution in [3.63, 3.8) is 0 Å². The second-order valence-electron chi connectivity index (χ2n) is 5.46. The standard InChI is InChI=1S/C14H20N2O5.C3H8O2/c15-7-13(18)20-9-11(8-17)21-14(19)12(16)6-10-4-2-1-3-5-10;1-3(5)2-4/h1-5,11-12,17H,6-9,15-16H2;3-5H,2H2,1H3/t11?,12-;/m0./s1. The summed E-state index contributed by atoms with van der Waals surface area (Å²) in [6.07, 6.45) is -1.19. The Kier molecular flexibility index (Phi) is 13.1. The van der Waals surface area contributed by atoms with Crippen molar-refractivity contribution < 1.29 is 34.4 Å². The van der Waals surface area contributed by atoms with Gasteiger partial charge in [0.15, 0.2) is 6.10 Å². The summed E-state index contributed by atoms with van der Waals surface area (Å²) in [5.74, 6) is -1.31. The van der Waals surface area contributed by atoms with Crippen LogP contribution in [0, 0.1) is 0 Å². The van der Waals surface area contributed by atoms with E-state index < -0.39 is 36.8 Å². The number of hydrogen-bond acceptors (Lipinski definition) is 9. The summed E-state index contributed by atoms with van der Waals surface area (Å²) >= 11 is 0. The number of aliphatic hydroxyl groups is 3. The highest BCUT2D eigenvalue weighted by atomic mass is 16.6. The van der Waals surface area contributed by atoms with Gasteiger partial charge in [-0.1, -0.05) is 30.3 Å². The van der Waals surface area contributed by atoms with Crippen LogP contribution in [0.2, 0.25) is 0 Å². The molecule has 7 N–H and O–H groups in total. The lowest BCUT2D eigenvalue weighted by Gasteiger charge is -2.18. The maximum atomic E-state index is 11.8. The molecule has 9 nitrogen and oxygen atoms in total. The first kappa shape index (κ1) is 24.0.